The number of carbonyl (C=O) groups is 3. The molecule has 112 valence electrons. The van der Waals surface area contributed by atoms with Gasteiger partial charge in [0.2, 0.25) is 11.8 Å². The van der Waals surface area contributed by atoms with Crippen LogP contribution in [0.4, 0.5) is 4.79 Å². The van der Waals surface area contributed by atoms with Crippen molar-refractivity contribution in [2.45, 2.75) is 39.5 Å². The van der Waals surface area contributed by atoms with Gasteiger partial charge < -0.3 is 4.74 Å². The van der Waals surface area contributed by atoms with E-state index in [0.717, 1.165) is 17.7 Å². The second kappa shape index (κ2) is 5.91. The van der Waals surface area contributed by atoms with Gasteiger partial charge in [0.1, 0.15) is 5.41 Å². The van der Waals surface area contributed by atoms with Crippen molar-refractivity contribution in [1.29, 1.82) is 0 Å². The van der Waals surface area contributed by atoms with Gasteiger partial charge in [-0.25, -0.2) is 4.79 Å². The Hall–Kier alpha value is -1.43. The van der Waals surface area contributed by atoms with E-state index in [-0.39, 0.29) is 12.5 Å². The molecule has 1 aliphatic heterocycles. The summed E-state index contributed by atoms with van der Waals surface area (Å²) >= 11 is 0. The molecule has 0 unspecified atom stereocenters. The molecular weight excluding hydrogens is 260 g/mol. The van der Waals surface area contributed by atoms with E-state index in [9.17, 15) is 14.4 Å². The quantitative estimate of drug-likeness (QED) is 0.609. The zero-order valence-electron chi connectivity index (χ0n) is 12.1. The summed E-state index contributed by atoms with van der Waals surface area (Å²) in [5.41, 5.74) is -1.01. The Kier molecular flexibility index (Phi) is 4.42. The average Bonchev–Trinajstić information content (AvgIpc) is 2.86. The summed E-state index contributed by atoms with van der Waals surface area (Å²) < 4.78 is 5.41. The number of imide groups is 2. The van der Waals surface area contributed by atoms with Crippen LogP contribution in [-0.2, 0) is 14.3 Å². The third-order valence-corrected chi connectivity index (χ3v) is 3.92. The Morgan fingerprint density at radius 1 is 1.25 bits per heavy atom. The van der Waals surface area contributed by atoms with Crippen LogP contribution in [0.3, 0.4) is 0 Å². The first-order valence-electron chi connectivity index (χ1n) is 7.22. The molecule has 0 aromatic rings. The Balaban J connectivity index is 1.99. The van der Waals surface area contributed by atoms with Crippen LogP contribution in [0.15, 0.2) is 0 Å². The predicted octanol–water partition coefficient (Wildman–Crippen LogP) is 1.30. The van der Waals surface area contributed by atoms with Crippen LogP contribution in [0.25, 0.3) is 0 Å². The zero-order valence-corrected chi connectivity index (χ0v) is 12.1. The first kappa shape index (κ1) is 15.0. The van der Waals surface area contributed by atoms with E-state index >= 15 is 0 Å². The smallest absolute Gasteiger partial charge is 0.330 e. The van der Waals surface area contributed by atoms with Gasteiger partial charge in [-0.15, -0.1) is 0 Å². The molecule has 1 heterocycles. The number of nitrogens with one attached hydrogen (secondary N) is 1. The summed E-state index contributed by atoms with van der Waals surface area (Å²) in [6.07, 6.45) is 2.78. The van der Waals surface area contributed by atoms with Gasteiger partial charge in [0.15, 0.2) is 0 Å². The highest BCUT2D eigenvalue weighted by atomic mass is 16.5. The molecule has 2 rings (SSSR count). The van der Waals surface area contributed by atoms with E-state index in [0.29, 0.717) is 32.0 Å². The van der Waals surface area contributed by atoms with Crippen molar-refractivity contribution in [3.05, 3.63) is 0 Å². The number of barbiturate groups is 1. The maximum Gasteiger partial charge on any atom is 0.330 e. The molecule has 0 aromatic carbocycles. The molecule has 1 saturated heterocycles. The normalized spacial score (nSPS) is 21.9. The van der Waals surface area contributed by atoms with Gasteiger partial charge in [0.25, 0.3) is 0 Å². The summed E-state index contributed by atoms with van der Waals surface area (Å²) in [4.78, 5) is 37.4. The number of nitrogens with zero attached hydrogens (tertiary/aromatic N) is 1. The van der Waals surface area contributed by atoms with Crippen LogP contribution in [0.2, 0.25) is 0 Å². The van der Waals surface area contributed by atoms with Crippen molar-refractivity contribution in [3.8, 4) is 0 Å². The van der Waals surface area contributed by atoms with Gasteiger partial charge in [-0.1, -0.05) is 26.7 Å². The molecule has 0 atom stereocenters. The predicted molar refractivity (Wildman–Crippen MR) is 71.8 cm³/mol. The fourth-order valence-electron chi connectivity index (χ4n) is 2.83. The SMILES string of the molecule is CC(C)COCCN1C(=O)NC(=O)C2(CCCC2)C1=O. The molecule has 4 amide bonds. The molecule has 0 radical (unpaired) electrons. The minimum atomic E-state index is -1.01. The van der Waals surface area contributed by atoms with Crippen LogP contribution in [-0.4, -0.2) is 42.5 Å². The Morgan fingerprint density at radius 3 is 2.50 bits per heavy atom. The Morgan fingerprint density at radius 2 is 1.90 bits per heavy atom. The highest BCUT2D eigenvalue weighted by Gasteiger charge is 2.54. The summed E-state index contributed by atoms with van der Waals surface area (Å²) in [5, 5.41) is 2.31. The lowest BCUT2D eigenvalue weighted by Gasteiger charge is -2.36. The maximum absolute atomic E-state index is 12.5. The molecule has 2 aliphatic rings. The number of urea groups is 1. The van der Waals surface area contributed by atoms with Gasteiger partial charge in [-0.2, -0.15) is 0 Å². The lowest BCUT2D eigenvalue weighted by atomic mass is 9.82. The highest BCUT2D eigenvalue weighted by molar-refractivity contribution is 6.19. The molecule has 6 heteroatoms. The number of amides is 4. The minimum absolute atomic E-state index is 0.201. The molecule has 1 spiro atoms. The topological polar surface area (TPSA) is 75.7 Å². The molecule has 1 saturated carbocycles. The van der Waals surface area contributed by atoms with Gasteiger partial charge >= 0.3 is 6.03 Å². The third-order valence-electron chi connectivity index (χ3n) is 3.92. The molecule has 1 aliphatic carbocycles. The standard InChI is InChI=1S/C14H22N2O4/c1-10(2)9-20-8-7-16-12(18)14(5-3-4-6-14)11(17)15-13(16)19/h10H,3-9H2,1-2H3,(H,15,17,19). The zero-order chi connectivity index (χ0) is 14.8. The molecular formula is C14H22N2O4. The summed E-state index contributed by atoms with van der Waals surface area (Å²) in [5.74, 6) is -0.370. The highest BCUT2D eigenvalue weighted by Crippen LogP contribution is 2.41. The molecule has 20 heavy (non-hydrogen) atoms. The summed E-state index contributed by atoms with van der Waals surface area (Å²) in [6, 6.07) is -0.620. The van der Waals surface area contributed by atoms with E-state index in [4.69, 9.17) is 4.74 Å². The molecule has 0 bridgehead atoms. The molecule has 6 nitrogen and oxygen atoms in total. The third kappa shape index (κ3) is 2.70. The minimum Gasteiger partial charge on any atom is -0.379 e. The Bertz CT molecular complexity index is 413. The summed E-state index contributed by atoms with van der Waals surface area (Å²) in [7, 11) is 0. The second-order valence-corrected chi connectivity index (χ2v) is 5.97. The first-order valence-corrected chi connectivity index (χ1v) is 7.22. The molecule has 1 N–H and O–H groups in total. The largest absolute Gasteiger partial charge is 0.379 e. The fourth-order valence-corrected chi connectivity index (χ4v) is 2.83. The van der Waals surface area contributed by atoms with Crippen molar-refractivity contribution in [2.24, 2.45) is 11.3 Å². The van der Waals surface area contributed by atoms with E-state index < -0.39 is 17.4 Å². The van der Waals surface area contributed by atoms with Crippen LogP contribution < -0.4 is 5.32 Å². The van der Waals surface area contributed by atoms with Crippen molar-refractivity contribution in [1.82, 2.24) is 10.2 Å². The maximum atomic E-state index is 12.5. The van der Waals surface area contributed by atoms with Gasteiger partial charge in [0, 0.05) is 6.61 Å². The van der Waals surface area contributed by atoms with E-state index in [2.05, 4.69) is 5.32 Å². The monoisotopic (exact) mass is 282 g/mol. The van der Waals surface area contributed by atoms with Crippen LogP contribution in [0.1, 0.15) is 39.5 Å². The van der Waals surface area contributed by atoms with Crippen LogP contribution in [0, 0.1) is 11.3 Å². The fraction of sp³-hybridized carbons (Fsp3) is 0.786. The van der Waals surface area contributed by atoms with Crippen LogP contribution >= 0.6 is 0 Å². The average molecular weight is 282 g/mol. The number of hydrogen-bond acceptors (Lipinski definition) is 4. The lowest BCUT2D eigenvalue weighted by Crippen LogP contribution is -2.63. The van der Waals surface area contributed by atoms with Gasteiger partial charge in [-0.05, 0) is 18.8 Å². The molecule has 2 fully saturated rings. The Labute approximate surface area is 118 Å². The second-order valence-electron chi connectivity index (χ2n) is 5.97. The van der Waals surface area contributed by atoms with Crippen LogP contribution in [0.5, 0.6) is 0 Å². The van der Waals surface area contributed by atoms with E-state index in [1.165, 1.54) is 0 Å². The number of rotatable bonds is 5. The number of carbonyl (C=O) groups excluding carboxylic acids is 3. The lowest BCUT2D eigenvalue weighted by molar-refractivity contribution is -0.151. The summed E-state index contributed by atoms with van der Waals surface area (Å²) in [6.45, 7) is 5.16. The van der Waals surface area contributed by atoms with Crippen molar-refractivity contribution >= 4 is 17.8 Å². The van der Waals surface area contributed by atoms with Gasteiger partial charge in [-0.3, -0.25) is 19.8 Å². The van der Waals surface area contributed by atoms with E-state index in [1.807, 2.05) is 13.8 Å². The van der Waals surface area contributed by atoms with Crippen molar-refractivity contribution < 1.29 is 19.1 Å². The van der Waals surface area contributed by atoms with E-state index in [1.54, 1.807) is 0 Å². The van der Waals surface area contributed by atoms with Gasteiger partial charge in [0.05, 0.1) is 13.2 Å². The van der Waals surface area contributed by atoms with Crippen molar-refractivity contribution in [2.75, 3.05) is 19.8 Å². The number of ether oxygens (including phenoxy) is 1. The van der Waals surface area contributed by atoms with Crippen molar-refractivity contribution in [3.63, 3.8) is 0 Å². The first-order chi connectivity index (χ1) is 9.47. The number of hydrogen-bond donors (Lipinski definition) is 1. The molecule has 0 aromatic heterocycles.